The molecule has 0 saturated heterocycles. The Morgan fingerprint density at radius 1 is 0.667 bits per heavy atom. The van der Waals surface area contributed by atoms with Gasteiger partial charge in [0.2, 0.25) is 0 Å². The average molecular weight is 351 g/mol. The first-order valence-corrected chi connectivity index (χ1v) is 17.9. The van der Waals surface area contributed by atoms with Crippen LogP contribution in [0, 0.1) is 0 Å². The molecule has 0 spiro atoms. The SMILES string of the molecule is COCCC[Si](C)(C)C[Si](C)(C)O[Si](C)(C)CCCOC. The zero-order chi connectivity index (χ0) is 16.6. The second kappa shape index (κ2) is 9.62. The van der Waals surface area contributed by atoms with E-state index in [-0.39, 0.29) is 0 Å². The van der Waals surface area contributed by atoms with Crippen molar-refractivity contribution >= 4 is 24.7 Å². The van der Waals surface area contributed by atoms with Gasteiger partial charge in [-0.2, -0.15) is 0 Å². The quantitative estimate of drug-likeness (QED) is 0.376. The van der Waals surface area contributed by atoms with E-state index in [1.807, 2.05) is 0 Å². The molecule has 0 aromatic rings. The molecule has 128 valence electrons. The third-order valence-electron chi connectivity index (χ3n) is 3.79. The Morgan fingerprint density at radius 3 is 1.62 bits per heavy atom. The molecule has 0 aliphatic rings. The van der Waals surface area contributed by atoms with Gasteiger partial charge in [0.25, 0.3) is 0 Å². The fraction of sp³-hybridized carbons (Fsp3) is 1.00. The van der Waals surface area contributed by atoms with Gasteiger partial charge in [0.1, 0.15) is 0 Å². The second-order valence-corrected chi connectivity index (χ2v) is 22.8. The fourth-order valence-electron chi connectivity index (χ4n) is 3.41. The van der Waals surface area contributed by atoms with Gasteiger partial charge in [-0.1, -0.05) is 19.1 Å². The van der Waals surface area contributed by atoms with Crippen LogP contribution >= 0.6 is 0 Å². The summed E-state index contributed by atoms with van der Waals surface area (Å²) in [5.41, 5.74) is 1.37. The van der Waals surface area contributed by atoms with Gasteiger partial charge < -0.3 is 13.6 Å². The zero-order valence-corrected chi connectivity index (χ0v) is 18.7. The maximum atomic E-state index is 6.74. The van der Waals surface area contributed by atoms with Crippen molar-refractivity contribution in [2.45, 2.75) is 69.9 Å². The highest BCUT2D eigenvalue weighted by molar-refractivity contribution is 6.96. The normalized spacial score (nSPS) is 13.7. The predicted octanol–water partition coefficient (Wildman–Crippen LogP) is 4.73. The van der Waals surface area contributed by atoms with E-state index in [0.29, 0.717) is 0 Å². The minimum absolute atomic E-state index is 0.860. The van der Waals surface area contributed by atoms with E-state index < -0.39 is 24.7 Å². The molecule has 0 aliphatic carbocycles. The molecule has 0 rings (SSSR count). The van der Waals surface area contributed by atoms with Crippen LogP contribution in [0.4, 0.5) is 0 Å². The molecule has 0 fully saturated rings. The molecule has 0 atom stereocenters. The molecule has 0 aromatic heterocycles. The smallest absolute Gasteiger partial charge is 0.173 e. The first kappa shape index (κ1) is 21.5. The van der Waals surface area contributed by atoms with Crippen molar-refractivity contribution in [3.8, 4) is 0 Å². The van der Waals surface area contributed by atoms with Crippen molar-refractivity contribution in [1.82, 2.24) is 0 Å². The van der Waals surface area contributed by atoms with Crippen molar-refractivity contribution in [2.24, 2.45) is 0 Å². The van der Waals surface area contributed by atoms with Crippen molar-refractivity contribution in [2.75, 3.05) is 27.4 Å². The van der Waals surface area contributed by atoms with Gasteiger partial charge in [0.05, 0.1) is 0 Å². The lowest BCUT2D eigenvalue weighted by Gasteiger charge is -2.38. The van der Waals surface area contributed by atoms with Gasteiger partial charge in [-0.05, 0) is 50.7 Å². The van der Waals surface area contributed by atoms with Gasteiger partial charge in [0.15, 0.2) is 16.6 Å². The molecule has 0 amide bonds. The standard InChI is InChI=1S/C15H38O3Si3/c1-16-11-9-13-19(3,4)15-21(7,8)18-20(5,6)14-10-12-17-2/h9-15H2,1-8H3. The molecule has 3 nitrogen and oxygen atoms in total. The lowest BCUT2D eigenvalue weighted by atomic mass is 10.5. The highest BCUT2D eigenvalue weighted by atomic mass is 28.4. The van der Waals surface area contributed by atoms with Crippen molar-refractivity contribution in [1.29, 1.82) is 0 Å². The fourth-order valence-corrected chi connectivity index (χ4v) is 22.8. The van der Waals surface area contributed by atoms with Gasteiger partial charge in [-0.3, -0.25) is 0 Å². The van der Waals surface area contributed by atoms with Crippen LogP contribution in [0.1, 0.15) is 12.8 Å². The average Bonchev–Trinajstić information content (AvgIpc) is 2.25. The van der Waals surface area contributed by atoms with Gasteiger partial charge in [-0.25, -0.2) is 0 Å². The predicted molar refractivity (Wildman–Crippen MR) is 101 cm³/mol. The van der Waals surface area contributed by atoms with E-state index in [0.717, 1.165) is 19.6 Å². The summed E-state index contributed by atoms with van der Waals surface area (Å²) >= 11 is 0. The lowest BCUT2D eigenvalue weighted by Crippen LogP contribution is -2.49. The molecule has 0 unspecified atom stereocenters. The van der Waals surface area contributed by atoms with E-state index in [9.17, 15) is 0 Å². The highest BCUT2D eigenvalue weighted by Gasteiger charge is 2.37. The van der Waals surface area contributed by atoms with E-state index in [2.05, 4.69) is 39.3 Å². The van der Waals surface area contributed by atoms with Crippen LogP contribution in [0.2, 0.25) is 57.0 Å². The molecule has 6 heteroatoms. The van der Waals surface area contributed by atoms with Crippen LogP contribution in [0.15, 0.2) is 0 Å². The number of methoxy groups -OCH3 is 2. The van der Waals surface area contributed by atoms with Crippen LogP contribution in [-0.4, -0.2) is 52.1 Å². The number of ether oxygens (including phenoxy) is 2. The Kier molecular flexibility index (Phi) is 9.86. The van der Waals surface area contributed by atoms with Crippen LogP contribution < -0.4 is 0 Å². The zero-order valence-electron chi connectivity index (χ0n) is 15.7. The number of hydrogen-bond donors (Lipinski definition) is 0. The summed E-state index contributed by atoms with van der Waals surface area (Å²) < 4.78 is 17.1. The van der Waals surface area contributed by atoms with Crippen molar-refractivity contribution in [3.05, 3.63) is 0 Å². The Labute approximate surface area is 136 Å². The largest absolute Gasteiger partial charge is 0.456 e. The minimum atomic E-state index is -1.55. The van der Waals surface area contributed by atoms with Crippen LogP contribution in [0.5, 0.6) is 0 Å². The molecule has 0 N–H and O–H groups in total. The third kappa shape index (κ3) is 11.7. The molecule has 21 heavy (non-hydrogen) atoms. The molecule has 0 aliphatic heterocycles. The number of hydrogen-bond acceptors (Lipinski definition) is 3. The molecule has 0 heterocycles. The minimum Gasteiger partial charge on any atom is -0.456 e. The summed E-state index contributed by atoms with van der Waals surface area (Å²) in [5.74, 6) is 0. The van der Waals surface area contributed by atoms with E-state index in [1.165, 1.54) is 24.2 Å². The van der Waals surface area contributed by atoms with E-state index in [4.69, 9.17) is 13.6 Å². The maximum Gasteiger partial charge on any atom is 0.173 e. The van der Waals surface area contributed by atoms with Crippen LogP contribution in [-0.2, 0) is 13.6 Å². The summed E-state index contributed by atoms with van der Waals surface area (Å²) in [6.07, 6.45) is 2.34. The van der Waals surface area contributed by atoms with Crippen LogP contribution in [0.25, 0.3) is 0 Å². The summed E-state index contributed by atoms with van der Waals surface area (Å²) in [6, 6.07) is 2.56. The summed E-state index contributed by atoms with van der Waals surface area (Å²) in [5, 5.41) is 0. The summed E-state index contributed by atoms with van der Waals surface area (Å²) in [4.78, 5) is 0. The summed E-state index contributed by atoms with van der Waals surface area (Å²) in [7, 11) is -0.671. The van der Waals surface area contributed by atoms with Gasteiger partial charge in [-0.15, -0.1) is 0 Å². The first-order valence-electron chi connectivity index (χ1n) is 8.22. The highest BCUT2D eigenvalue weighted by Crippen LogP contribution is 2.29. The Balaban J connectivity index is 4.38. The van der Waals surface area contributed by atoms with Gasteiger partial charge in [0, 0.05) is 35.5 Å². The monoisotopic (exact) mass is 350 g/mol. The molecule has 0 bridgehead atoms. The molecule has 0 aromatic carbocycles. The van der Waals surface area contributed by atoms with Crippen molar-refractivity contribution < 1.29 is 13.6 Å². The van der Waals surface area contributed by atoms with E-state index in [1.54, 1.807) is 14.2 Å². The first-order chi connectivity index (χ1) is 9.54. The third-order valence-corrected chi connectivity index (χ3v) is 18.7. The number of rotatable bonds is 12. The Bertz CT molecular complexity index is 255. The maximum absolute atomic E-state index is 6.74. The Morgan fingerprint density at radius 2 is 1.14 bits per heavy atom. The second-order valence-electron chi connectivity index (χ2n) is 8.16. The molecule has 0 saturated carbocycles. The summed E-state index contributed by atoms with van der Waals surface area (Å²) in [6.45, 7) is 16.4. The van der Waals surface area contributed by atoms with Gasteiger partial charge >= 0.3 is 0 Å². The Hall–Kier alpha value is 0.531. The molecule has 0 radical (unpaired) electrons. The van der Waals surface area contributed by atoms with Crippen molar-refractivity contribution in [3.63, 3.8) is 0 Å². The van der Waals surface area contributed by atoms with E-state index >= 15 is 0 Å². The van der Waals surface area contributed by atoms with Crippen LogP contribution in [0.3, 0.4) is 0 Å². The lowest BCUT2D eigenvalue weighted by molar-refractivity contribution is 0.198. The topological polar surface area (TPSA) is 27.7 Å². The molecular formula is C15H38O3Si3. The molecular weight excluding hydrogens is 312 g/mol.